The first-order valence-electron chi connectivity index (χ1n) is 8.34. The van der Waals surface area contributed by atoms with Crippen molar-refractivity contribution in [3.8, 4) is 0 Å². The van der Waals surface area contributed by atoms with E-state index in [4.69, 9.17) is 0 Å². The maximum Gasteiger partial charge on any atom is 0.416 e. The molecule has 0 bridgehead atoms. The summed E-state index contributed by atoms with van der Waals surface area (Å²) in [6.07, 6.45) is -3.27. The number of hydrogen-bond donors (Lipinski definition) is 0. The normalized spacial score (nSPS) is 16.2. The number of benzene rings is 1. The predicted octanol–water partition coefficient (Wildman–Crippen LogP) is 3.42. The molecule has 1 aromatic carbocycles. The second-order valence-corrected chi connectivity index (χ2v) is 6.68. The van der Waals surface area contributed by atoms with Crippen LogP contribution in [0.5, 0.6) is 0 Å². The average molecular weight is 356 g/mol. The van der Waals surface area contributed by atoms with Crippen LogP contribution in [-0.2, 0) is 11.0 Å². The van der Waals surface area contributed by atoms with Gasteiger partial charge in [-0.2, -0.15) is 13.2 Å². The number of alkyl halides is 3. The van der Waals surface area contributed by atoms with Crippen LogP contribution in [0.2, 0.25) is 0 Å². The number of rotatable bonds is 3. The highest BCUT2D eigenvalue weighted by molar-refractivity contribution is 5.94. The van der Waals surface area contributed by atoms with Crippen LogP contribution in [0.25, 0.3) is 0 Å². The van der Waals surface area contributed by atoms with Gasteiger partial charge in [-0.25, -0.2) is 0 Å². The highest BCUT2D eigenvalue weighted by atomic mass is 19.4. The molecule has 1 aliphatic heterocycles. The lowest BCUT2D eigenvalue weighted by atomic mass is 9.94. The zero-order valence-corrected chi connectivity index (χ0v) is 14.6. The number of halogens is 3. The van der Waals surface area contributed by atoms with E-state index in [0.717, 1.165) is 12.1 Å². The molecule has 1 heterocycles. The molecular formula is C18H23F3N2O2. The predicted molar refractivity (Wildman–Crippen MR) is 88.0 cm³/mol. The van der Waals surface area contributed by atoms with Crippen LogP contribution in [0, 0.1) is 5.92 Å². The third-order valence-electron chi connectivity index (χ3n) is 4.71. The first kappa shape index (κ1) is 19.3. The fourth-order valence-corrected chi connectivity index (χ4v) is 2.86. The van der Waals surface area contributed by atoms with E-state index in [2.05, 4.69) is 0 Å². The Hall–Kier alpha value is -2.05. The summed E-state index contributed by atoms with van der Waals surface area (Å²) >= 11 is 0. The number of hydrogen-bond acceptors (Lipinski definition) is 2. The molecule has 138 valence electrons. The second kappa shape index (κ2) is 7.45. The minimum absolute atomic E-state index is 0.0802. The molecular weight excluding hydrogens is 333 g/mol. The Morgan fingerprint density at radius 3 is 2.08 bits per heavy atom. The van der Waals surface area contributed by atoms with E-state index in [1.807, 2.05) is 13.8 Å². The molecule has 0 aromatic heterocycles. The minimum Gasteiger partial charge on any atom is -0.343 e. The quantitative estimate of drug-likeness (QED) is 0.833. The number of likely N-dealkylation sites (tertiary alicyclic amines) is 1. The van der Waals surface area contributed by atoms with Gasteiger partial charge in [0.2, 0.25) is 5.91 Å². The van der Waals surface area contributed by atoms with Crippen molar-refractivity contribution < 1.29 is 22.8 Å². The van der Waals surface area contributed by atoms with Crippen LogP contribution >= 0.6 is 0 Å². The largest absolute Gasteiger partial charge is 0.416 e. The highest BCUT2D eigenvalue weighted by Gasteiger charge is 2.32. The Labute approximate surface area is 145 Å². The number of carbonyl (C=O) groups excluding carboxylic acids is 2. The number of carbonyl (C=O) groups is 2. The van der Waals surface area contributed by atoms with Crippen LogP contribution in [0.3, 0.4) is 0 Å². The van der Waals surface area contributed by atoms with Crippen molar-refractivity contribution >= 4 is 11.8 Å². The SMILES string of the molecule is CC(C)N(C)C(=O)C1CCN(C(=O)c2ccc(C(F)(F)F)cc2)CC1. The van der Waals surface area contributed by atoms with Crippen molar-refractivity contribution in [3.63, 3.8) is 0 Å². The number of nitrogens with zero attached hydrogens (tertiary/aromatic N) is 2. The van der Waals surface area contributed by atoms with Crippen LogP contribution in [0.15, 0.2) is 24.3 Å². The molecule has 25 heavy (non-hydrogen) atoms. The molecule has 4 nitrogen and oxygen atoms in total. The molecule has 2 rings (SSSR count). The topological polar surface area (TPSA) is 40.6 Å². The maximum atomic E-state index is 12.6. The molecule has 7 heteroatoms. The average Bonchev–Trinajstić information content (AvgIpc) is 2.59. The Bertz CT molecular complexity index is 618. The van der Waals surface area contributed by atoms with Crippen LogP contribution < -0.4 is 0 Å². The van der Waals surface area contributed by atoms with Gasteiger partial charge in [0.05, 0.1) is 5.56 Å². The third kappa shape index (κ3) is 4.52. The second-order valence-electron chi connectivity index (χ2n) is 6.68. The molecule has 2 amide bonds. The van der Waals surface area contributed by atoms with Gasteiger partial charge in [-0.1, -0.05) is 0 Å². The Kier molecular flexibility index (Phi) is 5.75. The Balaban J connectivity index is 1.96. The molecule has 1 aromatic rings. The van der Waals surface area contributed by atoms with Gasteiger partial charge in [0, 0.05) is 37.7 Å². The lowest BCUT2D eigenvalue weighted by Crippen LogP contribution is -2.45. The van der Waals surface area contributed by atoms with E-state index in [0.29, 0.717) is 25.9 Å². The fraction of sp³-hybridized carbons (Fsp3) is 0.556. The molecule has 0 radical (unpaired) electrons. The standard InChI is InChI=1S/C18H23F3N2O2/c1-12(2)22(3)16(24)14-8-10-23(11-9-14)17(25)13-4-6-15(7-5-13)18(19,20)21/h4-7,12,14H,8-11H2,1-3H3. The van der Waals surface area contributed by atoms with Gasteiger partial charge >= 0.3 is 6.18 Å². The van der Waals surface area contributed by atoms with Crippen molar-refractivity contribution in [2.45, 2.75) is 38.9 Å². The lowest BCUT2D eigenvalue weighted by molar-refractivity contribution is -0.138. The number of amides is 2. The molecule has 1 saturated heterocycles. The van der Waals surface area contributed by atoms with Gasteiger partial charge in [-0.15, -0.1) is 0 Å². The van der Waals surface area contributed by atoms with E-state index < -0.39 is 11.7 Å². The monoisotopic (exact) mass is 356 g/mol. The number of piperidine rings is 1. The van der Waals surface area contributed by atoms with E-state index >= 15 is 0 Å². The van der Waals surface area contributed by atoms with Crippen molar-refractivity contribution in [2.24, 2.45) is 5.92 Å². The smallest absolute Gasteiger partial charge is 0.343 e. The van der Waals surface area contributed by atoms with Gasteiger partial charge in [0.25, 0.3) is 5.91 Å². The summed E-state index contributed by atoms with van der Waals surface area (Å²) in [6.45, 7) is 4.76. The first-order valence-corrected chi connectivity index (χ1v) is 8.34. The molecule has 1 aliphatic rings. The molecule has 0 saturated carbocycles. The van der Waals surface area contributed by atoms with Crippen LogP contribution in [0.4, 0.5) is 13.2 Å². The van der Waals surface area contributed by atoms with E-state index in [-0.39, 0.29) is 29.3 Å². The third-order valence-corrected chi connectivity index (χ3v) is 4.71. The van der Waals surface area contributed by atoms with E-state index in [1.165, 1.54) is 12.1 Å². The summed E-state index contributed by atoms with van der Waals surface area (Å²) in [4.78, 5) is 28.1. The minimum atomic E-state index is -4.41. The molecule has 0 aliphatic carbocycles. The molecule has 0 unspecified atom stereocenters. The van der Waals surface area contributed by atoms with Gasteiger partial charge in [-0.05, 0) is 51.0 Å². The van der Waals surface area contributed by atoms with E-state index in [9.17, 15) is 22.8 Å². The fourth-order valence-electron chi connectivity index (χ4n) is 2.86. The van der Waals surface area contributed by atoms with Gasteiger partial charge < -0.3 is 9.80 Å². The van der Waals surface area contributed by atoms with Gasteiger partial charge in [0.1, 0.15) is 0 Å². The maximum absolute atomic E-state index is 12.6. The lowest BCUT2D eigenvalue weighted by Gasteiger charge is -2.34. The zero-order chi connectivity index (χ0) is 18.8. The molecule has 0 spiro atoms. The summed E-state index contributed by atoms with van der Waals surface area (Å²) in [5.41, 5.74) is -0.540. The van der Waals surface area contributed by atoms with Crippen molar-refractivity contribution in [3.05, 3.63) is 35.4 Å². The van der Waals surface area contributed by atoms with Crippen LogP contribution in [-0.4, -0.2) is 47.8 Å². The summed E-state index contributed by atoms with van der Waals surface area (Å²) in [7, 11) is 1.77. The molecule has 1 fully saturated rings. The van der Waals surface area contributed by atoms with Gasteiger partial charge in [0.15, 0.2) is 0 Å². The van der Waals surface area contributed by atoms with Crippen molar-refractivity contribution in [1.82, 2.24) is 9.80 Å². The van der Waals surface area contributed by atoms with Crippen LogP contribution in [0.1, 0.15) is 42.6 Å². The van der Waals surface area contributed by atoms with Gasteiger partial charge in [-0.3, -0.25) is 9.59 Å². The van der Waals surface area contributed by atoms with E-state index in [1.54, 1.807) is 16.8 Å². The zero-order valence-electron chi connectivity index (χ0n) is 14.6. The molecule has 0 N–H and O–H groups in total. The summed E-state index contributed by atoms with van der Waals surface area (Å²) in [5, 5.41) is 0. The Morgan fingerprint density at radius 1 is 1.12 bits per heavy atom. The van der Waals surface area contributed by atoms with Crippen molar-refractivity contribution in [1.29, 1.82) is 0 Å². The Morgan fingerprint density at radius 2 is 1.64 bits per heavy atom. The molecule has 0 atom stereocenters. The summed E-state index contributed by atoms with van der Waals surface area (Å²) < 4.78 is 37.8. The summed E-state index contributed by atoms with van der Waals surface area (Å²) in [5.74, 6) is -0.322. The first-order chi connectivity index (χ1) is 11.6. The van der Waals surface area contributed by atoms with Crippen molar-refractivity contribution in [2.75, 3.05) is 20.1 Å². The highest BCUT2D eigenvalue weighted by Crippen LogP contribution is 2.29. The summed E-state index contributed by atoms with van der Waals surface area (Å²) in [6, 6.07) is 4.37.